The molecule has 0 spiro atoms. The fourth-order valence-electron chi connectivity index (χ4n) is 1.85. The lowest BCUT2D eigenvalue weighted by molar-refractivity contribution is 0.163. The Kier molecular flexibility index (Phi) is 2.27. The zero-order valence-corrected chi connectivity index (χ0v) is 7.84. The van der Waals surface area contributed by atoms with E-state index in [-0.39, 0.29) is 0 Å². The number of hydrogen-bond acceptors (Lipinski definition) is 2. The molecule has 1 aliphatic rings. The summed E-state index contributed by atoms with van der Waals surface area (Å²) in [7, 11) is 0. The standard InChI is InChI=1S/C10H17N3/c11-7-10(4-2-5-10)8-13-9-3-1-6-12-9/h1,3,6,12-13H,2,4-5,7-8,11H2. The molecule has 3 nitrogen and oxygen atoms in total. The van der Waals surface area contributed by atoms with Crippen LogP contribution < -0.4 is 11.1 Å². The summed E-state index contributed by atoms with van der Waals surface area (Å²) in [4.78, 5) is 3.13. The summed E-state index contributed by atoms with van der Waals surface area (Å²) in [6, 6.07) is 4.04. The monoisotopic (exact) mass is 179 g/mol. The van der Waals surface area contributed by atoms with Gasteiger partial charge in [0, 0.05) is 12.7 Å². The Morgan fingerprint density at radius 2 is 2.38 bits per heavy atom. The molecule has 2 rings (SSSR count). The van der Waals surface area contributed by atoms with Gasteiger partial charge in [-0.1, -0.05) is 6.42 Å². The number of aromatic amines is 1. The van der Waals surface area contributed by atoms with Crippen molar-refractivity contribution in [2.75, 3.05) is 18.4 Å². The zero-order chi connectivity index (χ0) is 9.15. The van der Waals surface area contributed by atoms with Crippen LogP contribution in [0.5, 0.6) is 0 Å². The van der Waals surface area contributed by atoms with Gasteiger partial charge >= 0.3 is 0 Å². The van der Waals surface area contributed by atoms with E-state index in [0.717, 1.165) is 18.9 Å². The first-order valence-electron chi connectivity index (χ1n) is 4.92. The number of H-pyrrole nitrogens is 1. The quantitative estimate of drug-likeness (QED) is 0.657. The van der Waals surface area contributed by atoms with Crippen molar-refractivity contribution in [1.29, 1.82) is 0 Å². The molecule has 0 bridgehead atoms. The summed E-state index contributed by atoms with van der Waals surface area (Å²) in [5.74, 6) is 1.10. The smallest absolute Gasteiger partial charge is 0.103 e. The molecule has 13 heavy (non-hydrogen) atoms. The lowest BCUT2D eigenvalue weighted by Gasteiger charge is -2.41. The molecule has 0 atom stereocenters. The third-order valence-electron chi connectivity index (χ3n) is 3.10. The van der Waals surface area contributed by atoms with Crippen molar-refractivity contribution in [3.05, 3.63) is 18.3 Å². The van der Waals surface area contributed by atoms with Crippen LogP contribution in [0.25, 0.3) is 0 Å². The van der Waals surface area contributed by atoms with E-state index in [9.17, 15) is 0 Å². The number of rotatable bonds is 4. The molecule has 3 heteroatoms. The van der Waals surface area contributed by atoms with Crippen molar-refractivity contribution >= 4 is 5.82 Å². The third kappa shape index (κ3) is 1.70. The van der Waals surface area contributed by atoms with Gasteiger partial charge in [0.25, 0.3) is 0 Å². The fourth-order valence-corrected chi connectivity index (χ4v) is 1.85. The molecular formula is C10H17N3. The van der Waals surface area contributed by atoms with Gasteiger partial charge in [0.05, 0.1) is 0 Å². The maximum Gasteiger partial charge on any atom is 0.103 e. The Morgan fingerprint density at radius 3 is 2.85 bits per heavy atom. The van der Waals surface area contributed by atoms with Gasteiger partial charge in [-0.05, 0) is 36.9 Å². The van der Waals surface area contributed by atoms with E-state index >= 15 is 0 Å². The van der Waals surface area contributed by atoms with Crippen molar-refractivity contribution in [2.45, 2.75) is 19.3 Å². The van der Waals surface area contributed by atoms with Crippen molar-refractivity contribution in [2.24, 2.45) is 11.1 Å². The molecule has 0 radical (unpaired) electrons. The summed E-state index contributed by atoms with van der Waals surface area (Å²) in [5.41, 5.74) is 6.14. The van der Waals surface area contributed by atoms with Crippen LogP contribution in [0.3, 0.4) is 0 Å². The Labute approximate surface area is 78.7 Å². The minimum absolute atomic E-state index is 0.380. The molecule has 0 aliphatic heterocycles. The Morgan fingerprint density at radius 1 is 1.54 bits per heavy atom. The van der Waals surface area contributed by atoms with Crippen LogP contribution in [-0.2, 0) is 0 Å². The molecule has 1 aromatic rings. The Hall–Kier alpha value is -0.960. The molecule has 1 fully saturated rings. The van der Waals surface area contributed by atoms with E-state index < -0.39 is 0 Å². The summed E-state index contributed by atoms with van der Waals surface area (Å²) in [6.07, 6.45) is 5.82. The van der Waals surface area contributed by atoms with Crippen molar-refractivity contribution in [1.82, 2.24) is 4.98 Å². The Balaban J connectivity index is 1.84. The van der Waals surface area contributed by atoms with Gasteiger partial charge in [-0.25, -0.2) is 0 Å². The topological polar surface area (TPSA) is 53.8 Å². The second kappa shape index (κ2) is 3.42. The van der Waals surface area contributed by atoms with Crippen molar-refractivity contribution < 1.29 is 0 Å². The van der Waals surface area contributed by atoms with Gasteiger partial charge in [0.15, 0.2) is 0 Å². The maximum absolute atomic E-state index is 5.76. The highest BCUT2D eigenvalue weighted by atomic mass is 15.0. The van der Waals surface area contributed by atoms with E-state index in [0.29, 0.717) is 5.41 Å². The molecule has 0 aromatic carbocycles. The molecule has 0 saturated heterocycles. The van der Waals surface area contributed by atoms with E-state index in [1.54, 1.807) is 0 Å². The predicted octanol–water partition coefficient (Wildman–Crippen LogP) is 1.56. The Bertz CT molecular complexity index is 244. The predicted molar refractivity (Wildman–Crippen MR) is 54.6 cm³/mol. The van der Waals surface area contributed by atoms with Crippen LogP contribution >= 0.6 is 0 Å². The molecule has 1 aromatic heterocycles. The average Bonchev–Trinajstić information content (AvgIpc) is 2.56. The molecule has 1 aliphatic carbocycles. The van der Waals surface area contributed by atoms with Gasteiger partial charge in [0.1, 0.15) is 5.82 Å². The molecule has 1 saturated carbocycles. The van der Waals surface area contributed by atoms with Crippen molar-refractivity contribution in [3.8, 4) is 0 Å². The van der Waals surface area contributed by atoms with Gasteiger partial charge in [-0.15, -0.1) is 0 Å². The highest BCUT2D eigenvalue weighted by molar-refractivity contribution is 5.34. The number of aromatic nitrogens is 1. The number of nitrogens with one attached hydrogen (secondary N) is 2. The highest BCUT2D eigenvalue weighted by Crippen LogP contribution is 2.39. The summed E-state index contributed by atoms with van der Waals surface area (Å²) in [5, 5.41) is 3.38. The molecule has 0 amide bonds. The lowest BCUT2D eigenvalue weighted by Crippen LogP contribution is -2.43. The summed E-state index contributed by atoms with van der Waals surface area (Å²) in [6.45, 7) is 1.81. The van der Waals surface area contributed by atoms with Crippen molar-refractivity contribution in [3.63, 3.8) is 0 Å². The fraction of sp³-hybridized carbons (Fsp3) is 0.600. The van der Waals surface area contributed by atoms with Gasteiger partial charge in [-0.3, -0.25) is 0 Å². The van der Waals surface area contributed by atoms with Crippen LogP contribution in [0.4, 0.5) is 5.82 Å². The zero-order valence-electron chi connectivity index (χ0n) is 7.84. The number of nitrogens with two attached hydrogens (primary N) is 1. The average molecular weight is 179 g/mol. The number of anilines is 1. The minimum atomic E-state index is 0.380. The summed E-state index contributed by atoms with van der Waals surface area (Å²) < 4.78 is 0. The second-order valence-corrected chi connectivity index (χ2v) is 4.00. The van der Waals surface area contributed by atoms with E-state index in [4.69, 9.17) is 5.73 Å². The summed E-state index contributed by atoms with van der Waals surface area (Å²) >= 11 is 0. The van der Waals surface area contributed by atoms with Gasteiger partial charge < -0.3 is 16.0 Å². The van der Waals surface area contributed by atoms with Gasteiger partial charge in [-0.2, -0.15) is 0 Å². The first-order chi connectivity index (χ1) is 6.35. The molecule has 0 unspecified atom stereocenters. The largest absolute Gasteiger partial charge is 0.371 e. The molecule has 4 N–H and O–H groups in total. The number of hydrogen-bond donors (Lipinski definition) is 3. The third-order valence-corrected chi connectivity index (χ3v) is 3.10. The first kappa shape index (κ1) is 8.63. The van der Waals surface area contributed by atoms with E-state index in [2.05, 4.69) is 10.3 Å². The van der Waals surface area contributed by atoms with Crippen LogP contribution in [0, 0.1) is 5.41 Å². The normalized spacial score (nSPS) is 19.5. The van der Waals surface area contributed by atoms with Crippen LogP contribution in [0.1, 0.15) is 19.3 Å². The van der Waals surface area contributed by atoms with Crippen LogP contribution in [0.15, 0.2) is 18.3 Å². The molecular weight excluding hydrogens is 162 g/mol. The highest BCUT2D eigenvalue weighted by Gasteiger charge is 2.35. The molecule has 1 heterocycles. The van der Waals surface area contributed by atoms with Crippen LogP contribution in [-0.4, -0.2) is 18.1 Å². The van der Waals surface area contributed by atoms with E-state index in [1.165, 1.54) is 19.3 Å². The minimum Gasteiger partial charge on any atom is -0.371 e. The first-order valence-corrected chi connectivity index (χ1v) is 4.92. The second-order valence-electron chi connectivity index (χ2n) is 4.00. The lowest BCUT2D eigenvalue weighted by atomic mass is 9.69. The van der Waals surface area contributed by atoms with Crippen LogP contribution in [0.2, 0.25) is 0 Å². The van der Waals surface area contributed by atoms with Gasteiger partial charge in [0.2, 0.25) is 0 Å². The maximum atomic E-state index is 5.76. The SMILES string of the molecule is NCC1(CNc2ccc[nH]2)CCC1. The molecule has 72 valence electrons. The van der Waals surface area contributed by atoms with E-state index in [1.807, 2.05) is 18.3 Å².